The fourth-order valence-electron chi connectivity index (χ4n) is 3.95. The zero-order valence-corrected chi connectivity index (χ0v) is 17.0. The van der Waals surface area contributed by atoms with Crippen molar-refractivity contribution < 1.29 is 0 Å². The van der Waals surface area contributed by atoms with Crippen molar-refractivity contribution in [3.8, 4) is 0 Å². The second kappa shape index (κ2) is 9.74. The van der Waals surface area contributed by atoms with E-state index in [-0.39, 0.29) is 0 Å². The summed E-state index contributed by atoms with van der Waals surface area (Å²) in [6.45, 7) is 9.53. The first-order chi connectivity index (χ1) is 13.2. The number of para-hydroxylation sites is 2. The molecule has 1 atom stereocenters. The number of benzene rings is 1. The van der Waals surface area contributed by atoms with Gasteiger partial charge < -0.3 is 15.2 Å². The first kappa shape index (κ1) is 19.7. The van der Waals surface area contributed by atoms with Crippen molar-refractivity contribution in [3.05, 3.63) is 30.1 Å². The smallest absolute Gasteiger partial charge is 0.191 e. The van der Waals surface area contributed by atoms with Gasteiger partial charge in [0.2, 0.25) is 0 Å². The fourth-order valence-corrected chi connectivity index (χ4v) is 3.95. The molecule has 0 spiro atoms. The Balaban J connectivity index is 1.39. The highest BCUT2D eigenvalue weighted by atomic mass is 15.2. The van der Waals surface area contributed by atoms with Crippen LogP contribution < -0.4 is 10.6 Å². The Kier molecular flexibility index (Phi) is 7.10. The van der Waals surface area contributed by atoms with Gasteiger partial charge in [0.25, 0.3) is 0 Å². The van der Waals surface area contributed by atoms with Crippen molar-refractivity contribution in [1.82, 2.24) is 25.1 Å². The molecule has 2 heterocycles. The normalized spacial score (nSPS) is 18.8. The van der Waals surface area contributed by atoms with Crippen LogP contribution in [0, 0.1) is 6.92 Å². The number of piperidine rings is 1. The van der Waals surface area contributed by atoms with E-state index in [1.54, 1.807) is 0 Å². The summed E-state index contributed by atoms with van der Waals surface area (Å²) in [5.74, 6) is 1.97. The van der Waals surface area contributed by atoms with Crippen molar-refractivity contribution in [3.63, 3.8) is 0 Å². The van der Waals surface area contributed by atoms with E-state index >= 15 is 0 Å². The maximum atomic E-state index is 4.64. The Bertz CT molecular complexity index is 750. The number of nitrogens with one attached hydrogen (secondary N) is 2. The minimum atomic E-state index is 0.712. The van der Waals surface area contributed by atoms with E-state index in [1.165, 1.54) is 31.3 Å². The Morgan fingerprint density at radius 2 is 2.00 bits per heavy atom. The van der Waals surface area contributed by atoms with Gasteiger partial charge in [-0.1, -0.05) is 18.6 Å². The predicted octanol–water partition coefficient (Wildman–Crippen LogP) is 2.77. The van der Waals surface area contributed by atoms with Crippen molar-refractivity contribution in [2.45, 2.75) is 52.1 Å². The summed E-state index contributed by atoms with van der Waals surface area (Å²) in [6, 6.07) is 9.05. The lowest BCUT2D eigenvalue weighted by molar-refractivity contribution is 0.163. The monoisotopic (exact) mass is 370 g/mol. The summed E-state index contributed by atoms with van der Waals surface area (Å²) in [4.78, 5) is 11.6. The number of aryl methyl sites for hydroxylation is 2. The summed E-state index contributed by atoms with van der Waals surface area (Å²) >= 11 is 0. The Labute approximate surface area is 163 Å². The molecule has 2 N–H and O–H groups in total. The number of hydrogen-bond acceptors (Lipinski definition) is 3. The first-order valence-corrected chi connectivity index (χ1v) is 10.3. The lowest BCUT2D eigenvalue weighted by atomic mass is 10.0. The minimum Gasteiger partial charge on any atom is -0.356 e. The van der Waals surface area contributed by atoms with Crippen LogP contribution in [0.1, 0.15) is 38.4 Å². The van der Waals surface area contributed by atoms with Crippen LogP contribution in [-0.4, -0.2) is 59.7 Å². The number of aromatic nitrogens is 2. The molecule has 1 saturated heterocycles. The first-order valence-electron chi connectivity index (χ1n) is 10.3. The van der Waals surface area contributed by atoms with Gasteiger partial charge in [-0.15, -0.1) is 0 Å². The summed E-state index contributed by atoms with van der Waals surface area (Å²) in [6.07, 6.45) is 5.07. The molecular formula is C21H34N6. The van der Waals surface area contributed by atoms with Crippen LogP contribution in [0.5, 0.6) is 0 Å². The third-order valence-corrected chi connectivity index (χ3v) is 5.55. The van der Waals surface area contributed by atoms with E-state index in [0.717, 1.165) is 49.9 Å². The van der Waals surface area contributed by atoms with Crippen LogP contribution in [0.3, 0.4) is 0 Å². The number of nitrogens with zero attached hydrogens (tertiary/aromatic N) is 4. The number of imidazole rings is 1. The van der Waals surface area contributed by atoms with Crippen molar-refractivity contribution in [2.75, 3.05) is 33.2 Å². The molecule has 2 aromatic rings. The molecule has 0 amide bonds. The molecule has 0 saturated carbocycles. The Morgan fingerprint density at radius 1 is 1.19 bits per heavy atom. The SMILES string of the molecule is CN=C(NCCCn1c(C)nc2ccccc21)NCCN1CCCCC1C. The second-order valence-electron chi connectivity index (χ2n) is 7.46. The van der Waals surface area contributed by atoms with Gasteiger partial charge in [0, 0.05) is 39.3 Å². The second-order valence-corrected chi connectivity index (χ2v) is 7.46. The van der Waals surface area contributed by atoms with Gasteiger partial charge in [0.15, 0.2) is 5.96 Å². The highest BCUT2D eigenvalue weighted by Gasteiger charge is 2.17. The van der Waals surface area contributed by atoms with Crippen LogP contribution in [-0.2, 0) is 6.54 Å². The molecule has 1 fully saturated rings. The molecule has 1 aromatic carbocycles. The molecule has 1 aromatic heterocycles. The van der Waals surface area contributed by atoms with Gasteiger partial charge >= 0.3 is 0 Å². The zero-order chi connectivity index (χ0) is 19.1. The number of hydrogen-bond donors (Lipinski definition) is 2. The number of guanidine groups is 1. The van der Waals surface area contributed by atoms with Gasteiger partial charge in [0.1, 0.15) is 5.82 Å². The number of fused-ring (bicyclic) bond motifs is 1. The maximum Gasteiger partial charge on any atom is 0.191 e. The average molecular weight is 371 g/mol. The predicted molar refractivity (Wildman–Crippen MR) is 113 cm³/mol. The molecule has 6 nitrogen and oxygen atoms in total. The number of likely N-dealkylation sites (tertiary alicyclic amines) is 1. The largest absolute Gasteiger partial charge is 0.356 e. The van der Waals surface area contributed by atoms with Crippen LogP contribution in [0.25, 0.3) is 11.0 Å². The van der Waals surface area contributed by atoms with Crippen LogP contribution >= 0.6 is 0 Å². The van der Waals surface area contributed by atoms with Crippen molar-refractivity contribution in [2.24, 2.45) is 4.99 Å². The molecule has 1 aliphatic rings. The van der Waals surface area contributed by atoms with Crippen LogP contribution in [0.2, 0.25) is 0 Å². The molecule has 1 aliphatic heterocycles. The van der Waals surface area contributed by atoms with Crippen molar-refractivity contribution >= 4 is 17.0 Å². The van der Waals surface area contributed by atoms with E-state index in [2.05, 4.69) is 62.1 Å². The average Bonchev–Trinajstić information content (AvgIpc) is 3.00. The molecule has 0 radical (unpaired) electrons. The molecule has 0 bridgehead atoms. The lowest BCUT2D eigenvalue weighted by Crippen LogP contribution is -2.45. The highest BCUT2D eigenvalue weighted by molar-refractivity contribution is 5.79. The number of rotatable bonds is 7. The molecule has 3 rings (SSSR count). The maximum absolute atomic E-state index is 4.64. The van der Waals surface area contributed by atoms with Gasteiger partial charge in [-0.3, -0.25) is 9.89 Å². The minimum absolute atomic E-state index is 0.712. The van der Waals surface area contributed by atoms with Crippen LogP contribution in [0.15, 0.2) is 29.3 Å². The fraction of sp³-hybridized carbons (Fsp3) is 0.619. The third-order valence-electron chi connectivity index (χ3n) is 5.55. The van der Waals surface area contributed by atoms with Gasteiger partial charge in [0.05, 0.1) is 11.0 Å². The summed E-state index contributed by atoms with van der Waals surface area (Å²) < 4.78 is 2.30. The summed E-state index contributed by atoms with van der Waals surface area (Å²) in [7, 11) is 1.84. The zero-order valence-electron chi connectivity index (χ0n) is 17.0. The molecule has 0 aliphatic carbocycles. The standard InChI is InChI=1S/C21H34N6/c1-17-9-6-7-14-26(17)16-13-24-21(22-3)23-12-8-15-27-18(2)25-19-10-4-5-11-20(19)27/h4-5,10-11,17H,6-9,12-16H2,1-3H3,(H2,22,23,24). The number of aliphatic imine (C=N–C) groups is 1. The van der Waals surface area contributed by atoms with E-state index in [4.69, 9.17) is 0 Å². The van der Waals surface area contributed by atoms with Crippen molar-refractivity contribution in [1.29, 1.82) is 0 Å². The van der Waals surface area contributed by atoms with Gasteiger partial charge in [-0.25, -0.2) is 4.98 Å². The van der Waals surface area contributed by atoms with E-state index in [1.807, 2.05) is 13.1 Å². The summed E-state index contributed by atoms with van der Waals surface area (Å²) in [5.41, 5.74) is 2.29. The van der Waals surface area contributed by atoms with Gasteiger partial charge in [-0.2, -0.15) is 0 Å². The molecule has 6 heteroatoms. The van der Waals surface area contributed by atoms with E-state index in [0.29, 0.717) is 6.04 Å². The van der Waals surface area contributed by atoms with Crippen LogP contribution in [0.4, 0.5) is 0 Å². The third kappa shape index (κ3) is 5.22. The Hall–Kier alpha value is -2.08. The highest BCUT2D eigenvalue weighted by Crippen LogP contribution is 2.16. The molecule has 1 unspecified atom stereocenters. The molecular weight excluding hydrogens is 336 g/mol. The summed E-state index contributed by atoms with van der Waals surface area (Å²) in [5, 5.41) is 6.88. The van der Waals surface area contributed by atoms with Gasteiger partial charge in [-0.05, 0) is 51.8 Å². The Morgan fingerprint density at radius 3 is 2.81 bits per heavy atom. The molecule has 27 heavy (non-hydrogen) atoms. The lowest BCUT2D eigenvalue weighted by Gasteiger charge is -2.33. The quantitative estimate of drug-likeness (QED) is 0.447. The molecule has 148 valence electrons. The van der Waals surface area contributed by atoms with E-state index in [9.17, 15) is 0 Å². The van der Waals surface area contributed by atoms with E-state index < -0.39 is 0 Å². The topological polar surface area (TPSA) is 57.5 Å².